The average Bonchev–Trinajstić information content (AvgIpc) is 3.44. The van der Waals surface area contributed by atoms with Gasteiger partial charge in [0.05, 0.1) is 11.8 Å². The number of alkyl halides is 3. The third-order valence-electron chi connectivity index (χ3n) is 4.34. The summed E-state index contributed by atoms with van der Waals surface area (Å²) in [6, 6.07) is 2.52. The molecule has 0 aromatic carbocycles. The van der Waals surface area contributed by atoms with Crippen LogP contribution in [0.3, 0.4) is 0 Å². The Hall–Kier alpha value is -3.63. The van der Waals surface area contributed by atoms with Gasteiger partial charge < -0.3 is 5.73 Å². The first-order chi connectivity index (χ1) is 13.8. The summed E-state index contributed by atoms with van der Waals surface area (Å²) < 4.78 is 40.9. The molecule has 148 valence electrons. The van der Waals surface area contributed by atoms with E-state index in [-0.39, 0.29) is 22.7 Å². The summed E-state index contributed by atoms with van der Waals surface area (Å²) in [7, 11) is 0. The maximum Gasteiger partial charge on any atom is 0.433 e. The molecule has 0 radical (unpaired) electrons. The van der Waals surface area contributed by atoms with Crippen molar-refractivity contribution in [1.29, 1.82) is 0 Å². The predicted molar refractivity (Wildman–Crippen MR) is 95.6 cm³/mol. The lowest BCUT2D eigenvalue weighted by Gasteiger charge is -2.09. The molecule has 0 aliphatic heterocycles. The Labute approximate surface area is 162 Å². The van der Waals surface area contributed by atoms with Crippen LogP contribution in [0.4, 0.5) is 13.2 Å². The fourth-order valence-electron chi connectivity index (χ4n) is 2.76. The minimum Gasteiger partial charge on any atom is -0.366 e. The number of nitrogens with zero attached hydrogens (tertiary/aromatic N) is 6. The molecule has 1 fully saturated rings. The second kappa shape index (κ2) is 7.08. The van der Waals surface area contributed by atoms with Gasteiger partial charge in [0.25, 0.3) is 5.91 Å². The minimum absolute atomic E-state index is 0.0329. The molecule has 0 spiro atoms. The molecule has 1 aliphatic rings. The molecule has 1 saturated carbocycles. The Kier molecular flexibility index (Phi) is 4.57. The molecular weight excluding hydrogens is 387 g/mol. The Morgan fingerprint density at radius 3 is 2.55 bits per heavy atom. The zero-order valence-electron chi connectivity index (χ0n) is 14.8. The van der Waals surface area contributed by atoms with E-state index in [0.717, 1.165) is 18.9 Å². The van der Waals surface area contributed by atoms with Crippen molar-refractivity contribution in [2.75, 3.05) is 0 Å². The molecule has 3 heterocycles. The molecule has 8 nitrogen and oxygen atoms in total. The van der Waals surface area contributed by atoms with Crippen molar-refractivity contribution in [1.82, 2.24) is 29.9 Å². The van der Waals surface area contributed by atoms with Gasteiger partial charge in [0.2, 0.25) is 0 Å². The fourth-order valence-corrected chi connectivity index (χ4v) is 2.76. The van der Waals surface area contributed by atoms with E-state index in [1.807, 2.05) is 0 Å². The van der Waals surface area contributed by atoms with Gasteiger partial charge in [-0.25, -0.2) is 19.6 Å². The number of carbonyl (C=O) groups excluding carboxylic acids is 1. The van der Waals surface area contributed by atoms with Gasteiger partial charge in [-0.05, 0) is 25.0 Å². The van der Waals surface area contributed by atoms with E-state index in [1.54, 1.807) is 6.07 Å². The van der Waals surface area contributed by atoms with Gasteiger partial charge in [0, 0.05) is 41.3 Å². The van der Waals surface area contributed by atoms with Crippen molar-refractivity contribution in [3.8, 4) is 11.3 Å². The Morgan fingerprint density at radius 1 is 1.21 bits per heavy atom. The van der Waals surface area contributed by atoms with Gasteiger partial charge in [-0.3, -0.25) is 4.79 Å². The molecule has 1 amide bonds. The maximum atomic E-state index is 13.2. The number of aromatic nitrogens is 6. The van der Waals surface area contributed by atoms with E-state index >= 15 is 0 Å². The molecule has 3 aromatic heterocycles. The average molecular weight is 401 g/mol. The summed E-state index contributed by atoms with van der Waals surface area (Å²) in [5, 5.41) is 7.79. The van der Waals surface area contributed by atoms with E-state index in [1.165, 1.54) is 35.8 Å². The predicted octanol–water partition coefficient (Wildman–Crippen LogP) is 2.51. The lowest BCUT2D eigenvalue weighted by Crippen LogP contribution is -2.14. The number of rotatable bonds is 5. The van der Waals surface area contributed by atoms with Gasteiger partial charge in [-0.15, -0.1) is 5.10 Å². The van der Waals surface area contributed by atoms with Crippen molar-refractivity contribution < 1.29 is 18.0 Å². The number of halogens is 3. The number of nitrogens with two attached hydrogens (primary N) is 1. The molecule has 29 heavy (non-hydrogen) atoms. The number of hydrogen-bond acceptors (Lipinski definition) is 6. The van der Waals surface area contributed by atoms with Crippen LogP contribution >= 0.6 is 0 Å². The topological polar surface area (TPSA) is 112 Å². The summed E-state index contributed by atoms with van der Waals surface area (Å²) in [6.07, 6.45) is 3.87. The van der Waals surface area contributed by atoms with Gasteiger partial charge in [0.1, 0.15) is 17.7 Å². The van der Waals surface area contributed by atoms with E-state index in [9.17, 15) is 18.0 Å². The van der Waals surface area contributed by atoms with Crippen molar-refractivity contribution >= 4 is 17.7 Å². The molecule has 0 bridgehead atoms. The van der Waals surface area contributed by atoms with E-state index in [4.69, 9.17) is 5.73 Å². The summed E-state index contributed by atoms with van der Waals surface area (Å²) in [5.74, 6) is -0.707. The van der Waals surface area contributed by atoms with Crippen molar-refractivity contribution in [2.45, 2.75) is 24.9 Å². The van der Waals surface area contributed by atoms with Gasteiger partial charge in [-0.2, -0.15) is 13.2 Å². The third-order valence-corrected chi connectivity index (χ3v) is 4.34. The number of hydrogen-bond donors (Lipinski definition) is 1. The molecule has 2 N–H and O–H groups in total. The Morgan fingerprint density at radius 2 is 1.93 bits per heavy atom. The van der Waals surface area contributed by atoms with Crippen LogP contribution in [0.1, 0.15) is 35.7 Å². The highest BCUT2D eigenvalue weighted by Gasteiger charge is 2.35. The molecule has 1 aliphatic carbocycles. The fraction of sp³-hybridized carbons (Fsp3) is 0.222. The highest BCUT2D eigenvalue weighted by Crippen LogP contribution is 2.41. The number of pyridine rings is 1. The quantitative estimate of drug-likeness (QED) is 0.658. The smallest absolute Gasteiger partial charge is 0.366 e. The summed E-state index contributed by atoms with van der Waals surface area (Å²) >= 11 is 0. The standard InChI is InChI=1S/C18H14F3N7O/c19-18(20,21)16-4-11(3-14(25-16)10-1-2-10)15-8-28(27-26-15)7-13(17(22)29)12-5-23-9-24-6-12/h3-10H,1-2H2,(H2,22,29)/b13-7+. The molecule has 11 heteroatoms. The van der Waals surface area contributed by atoms with Crippen molar-refractivity contribution in [3.05, 3.63) is 54.0 Å². The van der Waals surface area contributed by atoms with Gasteiger partial charge in [0.15, 0.2) is 0 Å². The van der Waals surface area contributed by atoms with Crippen LogP contribution in [0.25, 0.3) is 23.0 Å². The van der Waals surface area contributed by atoms with Crippen LogP contribution < -0.4 is 5.73 Å². The van der Waals surface area contributed by atoms with E-state index in [0.29, 0.717) is 11.3 Å². The first kappa shape index (κ1) is 18.7. The number of amides is 1. The molecule has 3 aromatic rings. The largest absolute Gasteiger partial charge is 0.433 e. The van der Waals surface area contributed by atoms with Crippen LogP contribution in [0.15, 0.2) is 37.1 Å². The summed E-state index contributed by atoms with van der Waals surface area (Å²) in [4.78, 5) is 23.2. The highest BCUT2D eigenvalue weighted by atomic mass is 19.4. The zero-order chi connectivity index (χ0) is 20.6. The molecule has 0 atom stereocenters. The lowest BCUT2D eigenvalue weighted by molar-refractivity contribution is -0.141. The molecular formula is C18H14F3N7O. The van der Waals surface area contributed by atoms with E-state index < -0.39 is 17.8 Å². The minimum atomic E-state index is -4.57. The Bertz CT molecular complexity index is 1090. The lowest BCUT2D eigenvalue weighted by atomic mass is 10.1. The molecule has 0 saturated heterocycles. The molecule has 0 unspecified atom stereocenters. The monoisotopic (exact) mass is 401 g/mol. The number of carbonyl (C=O) groups is 1. The first-order valence-corrected chi connectivity index (χ1v) is 8.59. The van der Waals surface area contributed by atoms with E-state index in [2.05, 4.69) is 25.3 Å². The van der Waals surface area contributed by atoms with Gasteiger partial charge >= 0.3 is 6.18 Å². The van der Waals surface area contributed by atoms with Crippen LogP contribution in [0, 0.1) is 0 Å². The van der Waals surface area contributed by atoms with Crippen LogP contribution in [0.5, 0.6) is 0 Å². The first-order valence-electron chi connectivity index (χ1n) is 8.59. The van der Waals surface area contributed by atoms with Crippen molar-refractivity contribution in [2.24, 2.45) is 5.73 Å². The number of primary amides is 1. The summed E-state index contributed by atoms with van der Waals surface area (Å²) in [5.41, 5.74) is 5.73. The van der Waals surface area contributed by atoms with Crippen LogP contribution in [-0.2, 0) is 11.0 Å². The highest BCUT2D eigenvalue weighted by molar-refractivity contribution is 6.22. The third kappa shape index (κ3) is 4.13. The normalized spacial score (nSPS) is 14.8. The van der Waals surface area contributed by atoms with Gasteiger partial charge in [-0.1, -0.05) is 5.21 Å². The zero-order valence-corrected chi connectivity index (χ0v) is 14.8. The second-order valence-corrected chi connectivity index (χ2v) is 6.56. The second-order valence-electron chi connectivity index (χ2n) is 6.56. The maximum absolute atomic E-state index is 13.2. The summed E-state index contributed by atoms with van der Waals surface area (Å²) in [6.45, 7) is 0. The van der Waals surface area contributed by atoms with Crippen LogP contribution in [0.2, 0.25) is 0 Å². The molecule has 4 rings (SSSR count). The Balaban J connectivity index is 1.72. The van der Waals surface area contributed by atoms with Crippen LogP contribution in [-0.4, -0.2) is 35.9 Å². The SMILES string of the molecule is NC(=O)/C(=C/n1cc(-c2cc(C3CC3)nc(C(F)(F)F)c2)nn1)c1cncnc1. The van der Waals surface area contributed by atoms with Crippen molar-refractivity contribution in [3.63, 3.8) is 0 Å².